The fourth-order valence-corrected chi connectivity index (χ4v) is 3.33. The predicted molar refractivity (Wildman–Crippen MR) is 93.8 cm³/mol. The van der Waals surface area contributed by atoms with Crippen molar-refractivity contribution in [2.45, 2.75) is 0 Å². The Kier molecular flexibility index (Phi) is 3.36. The molecule has 0 aliphatic heterocycles. The third kappa shape index (κ3) is 2.31. The van der Waals surface area contributed by atoms with Gasteiger partial charge in [-0.3, -0.25) is 4.68 Å². The van der Waals surface area contributed by atoms with E-state index in [0.29, 0.717) is 10.0 Å². The summed E-state index contributed by atoms with van der Waals surface area (Å²) >= 11 is 12.4. The van der Waals surface area contributed by atoms with Gasteiger partial charge in [0.15, 0.2) is 5.82 Å². The largest absolute Gasteiger partial charge is 0.343 e. The van der Waals surface area contributed by atoms with Gasteiger partial charge in [-0.25, -0.2) is 4.98 Å². The lowest BCUT2D eigenvalue weighted by atomic mass is 10.0. The molecule has 0 spiro atoms. The molecule has 0 bridgehead atoms. The Bertz CT molecular complexity index is 1000. The molecule has 0 aliphatic rings. The Hall–Kier alpha value is -2.30. The van der Waals surface area contributed by atoms with Crippen LogP contribution < -0.4 is 0 Å². The summed E-state index contributed by atoms with van der Waals surface area (Å²) in [6.45, 7) is 0. The van der Waals surface area contributed by atoms with E-state index in [9.17, 15) is 0 Å². The number of nitrogens with one attached hydrogen (secondary N) is 1. The number of halogens is 2. The van der Waals surface area contributed by atoms with Gasteiger partial charge in [0.05, 0.1) is 0 Å². The number of hydrogen-bond acceptors (Lipinski definition) is 2. The number of rotatable bonds is 2. The summed E-state index contributed by atoms with van der Waals surface area (Å²) in [5, 5.41) is 6.91. The molecule has 0 radical (unpaired) electrons. The van der Waals surface area contributed by atoms with Crippen LogP contribution in [0.15, 0.2) is 48.8 Å². The highest BCUT2D eigenvalue weighted by atomic mass is 35.5. The average Bonchev–Trinajstić information content (AvgIpc) is 3.13. The molecule has 23 heavy (non-hydrogen) atoms. The summed E-state index contributed by atoms with van der Waals surface area (Å²) in [4.78, 5) is 7.48. The number of hydrogen-bond donors (Lipinski definition) is 1. The van der Waals surface area contributed by atoms with E-state index in [0.717, 1.165) is 33.5 Å². The van der Waals surface area contributed by atoms with Crippen molar-refractivity contribution in [3.63, 3.8) is 0 Å². The van der Waals surface area contributed by atoms with Crippen LogP contribution in [0.25, 0.3) is 33.5 Å². The normalized spacial score (nSPS) is 11.3. The van der Waals surface area contributed by atoms with Crippen molar-refractivity contribution in [3.8, 4) is 22.6 Å². The molecule has 0 saturated heterocycles. The monoisotopic (exact) mass is 342 g/mol. The lowest BCUT2D eigenvalue weighted by Crippen LogP contribution is -1.94. The summed E-state index contributed by atoms with van der Waals surface area (Å²) in [6.07, 6.45) is 3.53. The number of aryl methyl sites for hydroxylation is 1. The van der Waals surface area contributed by atoms with Gasteiger partial charge in [-0.05, 0) is 12.1 Å². The molecule has 0 amide bonds. The molecule has 6 heteroatoms. The molecule has 2 aromatic carbocycles. The maximum Gasteiger partial charge on any atom is 0.156 e. The first-order valence-electron chi connectivity index (χ1n) is 7.06. The lowest BCUT2D eigenvalue weighted by molar-refractivity contribution is 0.783. The summed E-state index contributed by atoms with van der Waals surface area (Å²) in [5.41, 5.74) is 3.70. The van der Waals surface area contributed by atoms with Crippen molar-refractivity contribution in [2.24, 2.45) is 7.05 Å². The summed E-state index contributed by atoms with van der Waals surface area (Å²) in [6, 6.07) is 11.5. The fourth-order valence-electron chi connectivity index (χ4n) is 2.82. The van der Waals surface area contributed by atoms with Crippen molar-refractivity contribution < 1.29 is 0 Å². The minimum absolute atomic E-state index is 0.607. The number of H-pyrrole nitrogens is 1. The van der Waals surface area contributed by atoms with E-state index in [4.69, 9.17) is 23.2 Å². The Morgan fingerprint density at radius 3 is 2.70 bits per heavy atom. The van der Waals surface area contributed by atoms with E-state index in [2.05, 4.69) is 15.1 Å². The quantitative estimate of drug-likeness (QED) is 0.560. The summed E-state index contributed by atoms with van der Waals surface area (Å²) in [7, 11) is 1.91. The zero-order valence-corrected chi connectivity index (χ0v) is 13.7. The van der Waals surface area contributed by atoms with Gasteiger partial charge >= 0.3 is 0 Å². The van der Waals surface area contributed by atoms with E-state index in [-0.39, 0.29) is 0 Å². The maximum atomic E-state index is 6.37. The van der Waals surface area contributed by atoms with Crippen LogP contribution in [0.1, 0.15) is 0 Å². The minimum Gasteiger partial charge on any atom is -0.343 e. The molecule has 114 valence electrons. The Morgan fingerprint density at radius 2 is 1.96 bits per heavy atom. The molecular formula is C17H12Cl2N4. The number of benzene rings is 2. The number of nitrogens with zero attached hydrogens (tertiary/aromatic N) is 3. The Morgan fingerprint density at radius 1 is 1.09 bits per heavy atom. The lowest BCUT2D eigenvalue weighted by Gasteiger charge is -2.06. The second-order valence-electron chi connectivity index (χ2n) is 5.24. The molecule has 4 nitrogen and oxygen atoms in total. The zero-order valence-electron chi connectivity index (χ0n) is 12.2. The van der Waals surface area contributed by atoms with Crippen molar-refractivity contribution in [1.29, 1.82) is 0 Å². The minimum atomic E-state index is 0.607. The second kappa shape index (κ2) is 5.41. The topological polar surface area (TPSA) is 46.5 Å². The average molecular weight is 343 g/mol. The molecule has 0 unspecified atom stereocenters. The number of imidazole rings is 1. The first-order chi connectivity index (χ1) is 11.1. The van der Waals surface area contributed by atoms with E-state index in [1.165, 1.54) is 0 Å². The van der Waals surface area contributed by atoms with Crippen LogP contribution in [0, 0.1) is 0 Å². The number of fused-ring (bicyclic) bond motifs is 1. The van der Waals surface area contributed by atoms with Gasteiger partial charge in [0.25, 0.3) is 0 Å². The van der Waals surface area contributed by atoms with Gasteiger partial charge in [0, 0.05) is 46.0 Å². The van der Waals surface area contributed by atoms with Crippen LogP contribution >= 0.6 is 23.2 Å². The maximum absolute atomic E-state index is 6.37. The molecule has 1 N–H and O–H groups in total. The molecule has 0 atom stereocenters. The summed E-state index contributed by atoms with van der Waals surface area (Å²) < 4.78 is 1.83. The van der Waals surface area contributed by atoms with Gasteiger partial charge in [0.1, 0.15) is 11.2 Å². The standard InChI is InChI=1S/C17H12Cl2N4/c1-23-16(17-20-7-8-21-17)13-4-2-3-12(15(13)22-23)11-6-5-10(18)9-14(11)19/h2-9H,1H3,(H,20,21). The van der Waals surface area contributed by atoms with Crippen LogP contribution in [0.4, 0.5) is 0 Å². The van der Waals surface area contributed by atoms with Crippen molar-refractivity contribution in [2.75, 3.05) is 0 Å². The Labute approximate surface area is 142 Å². The first-order valence-corrected chi connectivity index (χ1v) is 7.81. The molecule has 4 aromatic rings. The van der Waals surface area contributed by atoms with Crippen LogP contribution in [0.3, 0.4) is 0 Å². The molecule has 2 heterocycles. The smallest absolute Gasteiger partial charge is 0.156 e. The highest BCUT2D eigenvalue weighted by molar-refractivity contribution is 6.36. The summed E-state index contributed by atoms with van der Waals surface area (Å²) in [5.74, 6) is 0.786. The highest BCUT2D eigenvalue weighted by Gasteiger charge is 2.17. The highest BCUT2D eigenvalue weighted by Crippen LogP contribution is 2.36. The number of aromatic nitrogens is 4. The third-order valence-electron chi connectivity index (χ3n) is 3.81. The predicted octanol–water partition coefficient (Wildman–Crippen LogP) is 4.94. The second-order valence-corrected chi connectivity index (χ2v) is 6.08. The SMILES string of the molecule is Cn1nc2c(-c3ccc(Cl)cc3Cl)cccc2c1-c1ncc[nH]1. The molecule has 0 saturated carbocycles. The van der Waals surface area contributed by atoms with Crippen molar-refractivity contribution in [3.05, 3.63) is 58.8 Å². The molecule has 2 aromatic heterocycles. The van der Waals surface area contributed by atoms with Crippen LogP contribution in [-0.4, -0.2) is 19.7 Å². The van der Waals surface area contributed by atoms with Crippen LogP contribution in [0.2, 0.25) is 10.0 Å². The molecule has 0 aliphatic carbocycles. The Balaban J connectivity index is 2.01. The van der Waals surface area contributed by atoms with Gasteiger partial charge < -0.3 is 4.98 Å². The zero-order chi connectivity index (χ0) is 16.0. The molecular weight excluding hydrogens is 331 g/mol. The van der Waals surface area contributed by atoms with Crippen molar-refractivity contribution in [1.82, 2.24) is 19.7 Å². The van der Waals surface area contributed by atoms with Gasteiger partial charge in [0.2, 0.25) is 0 Å². The van der Waals surface area contributed by atoms with Crippen LogP contribution in [0.5, 0.6) is 0 Å². The third-order valence-corrected chi connectivity index (χ3v) is 4.36. The van der Waals surface area contributed by atoms with E-state index in [1.807, 2.05) is 42.1 Å². The van der Waals surface area contributed by atoms with Gasteiger partial charge in [-0.2, -0.15) is 5.10 Å². The van der Waals surface area contributed by atoms with Crippen molar-refractivity contribution >= 4 is 34.1 Å². The van der Waals surface area contributed by atoms with Gasteiger partial charge in [-0.1, -0.05) is 47.5 Å². The molecule has 0 fully saturated rings. The van der Waals surface area contributed by atoms with E-state index in [1.54, 1.807) is 18.5 Å². The number of aromatic amines is 1. The molecule has 4 rings (SSSR count). The van der Waals surface area contributed by atoms with Crippen LogP contribution in [-0.2, 0) is 7.05 Å². The first kappa shape index (κ1) is 14.3. The van der Waals surface area contributed by atoms with Gasteiger partial charge in [-0.15, -0.1) is 0 Å². The van der Waals surface area contributed by atoms with E-state index < -0.39 is 0 Å². The fraction of sp³-hybridized carbons (Fsp3) is 0.0588. The van der Waals surface area contributed by atoms with E-state index >= 15 is 0 Å².